The normalized spacial score (nSPS) is 19.0. The Morgan fingerprint density at radius 2 is 1.67 bits per heavy atom. The van der Waals surface area contributed by atoms with E-state index in [1.165, 1.54) is 6.21 Å². The summed E-state index contributed by atoms with van der Waals surface area (Å²) in [6, 6.07) is 8.88. The van der Waals surface area contributed by atoms with Crippen molar-refractivity contribution in [2.75, 3.05) is 0 Å². The number of allylic oxidation sites excluding steroid dienone is 1. The topological polar surface area (TPSA) is 59.9 Å². The number of nitrogens with one attached hydrogen (secondary N) is 1. The van der Waals surface area contributed by atoms with E-state index in [9.17, 15) is 4.79 Å². The van der Waals surface area contributed by atoms with Crippen molar-refractivity contribution >= 4 is 12.1 Å². The zero-order valence-electron chi connectivity index (χ0n) is 12.7. The summed E-state index contributed by atoms with van der Waals surface area (Å²) in [5, 5.41) is 3.85. The fourth-order valence-corrected chi connectivity index (χ4v) is 1.69. The van der Waals surface area contributed by atoms with Crippen LogP contribution < -0.4 is 5.43 Å². The Bertz CT molecular complexity index is 556. The third-order valence-electron chi connectivity index (χ3n) is 3.65. The molecular weight excluding hydrogens is 268 g/mol. The van der Waals surface area contributed by atoms with E-state index < -0.39 is 11.2 Å². The summed E-state index contributed by atoms with van der Waals surface area (Å²) < 4.78 is 11.4. The average Bonchev–Trinajstić information content (AvgIpc) is 2.63. The molecule has 1 aromatic carbocycles. The molecule has 5 heteroatoms. The number of carbonyl (C=O) groups excluding carboxylic acids is 1. The number of benzene rings is 1. The molecule has 0 aromatic heterocycles. The standard InChI is InChI=1S/C16H20N2O3/c1-15(2)16(3,4)21-13(20-15)10-11-17-18-14(19)12-8-6-5-7-9-12/h5-11H,1-4H3,(H,18,19). The average molecular weight is 288 g/mol. The Kier molecular flexibility index (Phi) is 4.02. The number of nitrogens with zero attached hydrogens (tertiary/aromatic N) is 1. The van der Waals surface area contributed by atoms with Crippen molar-refractivity contribution in [3.63, 3.8) is 0 Å². The monoisotopic (exact) mass is 288 g/mol. The number of ether oxygens (including phenoxy) is 2. The molecule has 0 bridgehead atoms. The van der Waals surface area contributed by atoms with Crippen LogP contribution in [0, 0.1) is 0 Å². The first-order chi connectivity index (χ1) is 9.82. The maximum atomic E-state index is 11.7. The lowest BCUT2D eigenvalue weighted by Crippen LogP contribution is -2.41. The lowest BCUT2D eigenvalue weighted by atomic mass is 9.90. The van der Waals surface area contributed by atoms with Gasteiger partial charge < -0.3 is 9.47 Å². The molecule has 21 heavy (non-hydrogen) atoms. The molecule has 1 saturated heterocycles. The van der Waals surface area contributed by atoms with Crippen LogP contribution >= 0.6 is 0 Å². The van der Waals surface area contributed by atoms with Crippen LogP contribution in [0.1, 0.15) is 38.1 Å². The Balaban J connectivity index is 1.92. The minimum absolute atomic E-state index is 0.265. The lowest BCUT2D eigenvalue weighted by molar-refractivity contribution is 0.00578. The summed E-state index contributed by atoms with van der Waals surface area (Å²) in [6.45, 7) is 7.84. The number of carbonyl (C=O) groups is 1. The lowest BCUT2D eigenvalue weighted by Gasteiger charge is -2.28. The van der Waals surface area contributed by atoms with E-state index in [1.807, 2.05) is 33.8 Å². The van der Waals surface area contributed by atoms with E-state index in [2.05, 4.69) is 10.5 Å². The number of rotatable bonds is 3. The van der Waals surface area contributed by atoms with Gasteiger partial charge in [-0.05, 0) is 39.8 Å². The van der Waals surface area contributed by atoms with Crippen molar-refractivity contribution in [1.82, 2.24) is 5.43 Å². The van der Waals surface area contributed by atoms with Gasteiger partial charge in [-0.15, -0.1) is 0 Å². The van der Waals surface area contributed by atoms with Gasteiger partial charge in [-0.25, -0.2) is 5.43 Å². The molecule has 5 nitrogen and oxygen atoms in total. The van der Waals surface area contributed by atoms with Crippen molar-refractivity contribution in [3.05, 3.63) is 47.9 Å². The molecule has 1 aliphatic heterocycles. The van der Waals surface area contributed by atoms with E-state index in [1.54, 1.807) is 30.3 Å². The van der Waals surface area contributed by atoms with E-state index in [4.69, 9.17) is 9.47 Å². The van der Waals surface area contributed by atoms with Crippen molar-refractivity contribution in [2.45, 2.75) is 38.9 Å². The molecule has 0 spiro atoms. The molecule has 0 unspecified atom stereocenters. The van der Waals surface area contributed by atoms with E-state index in [0.29, 0.717) is 11.5 Å². The van der Waals surface area contributed by atoms with Gasteiger partial charge in [0.1, 0.15) is 11.2 Å². The van der Waals surface area contributed by atoms with Crippen LogP contribution in [0.5, 0.6) is 0 Å². The van der Waals surface area contributed by atoms with E-state index in [-0.39, 0.29) is 5.91 Å². The maximum Gasteiger partial charge on any atom is 0.282 e. The Morgan fingerprint density at radius 1 is 1.10 bits per heavy atom. The second kappa shape index (κ2) is 5.60. The molecule has 0 aliphatic carbocycles. The highest BCUT2D eigenvalue weighted by Crippen LogP contribution is 2.39. The van der Waals surface area contributed by atoms with Gasteiger partial charge in [0, 0.05) is 11.6 Å². The highest BCUT2D eigenvalue weighted by molar-refractivity contribution is 5.94. The van der Waals surface area contributed by atoms with Crippen LogP contribution in [0.3, 0.4) is 0 Å². The van der Waals surface area contributed by atoms with Gasteiger partial charge in [-0.1, -0.05) is 18.2 Å². The van der Waals surface area contributed by atoms with Crippen LogP contribution in [0.2, 0.25) is 0 Å². The predicted octanol–water partition coefficient (Wildman–Crippen LogP) is 2.85. The molecule has 0 saturated carbocycles. The van der Waals surface area contributed by atoms with Crippen LogP contribution in [0.25, 0.3) is 0 Å². The fraction of sp³-hybridized carbons (Fsp3) is 0.375. The van der Waals surface area contributed by atoms with Gasteiger partial charge in [0.15, 0.2) is 0 Å². The SMILES string of the molecule is CC1(C)OC(=CC=NNC(=O)c2ccccc2)OC1(C)C. The van der Waals surface area contributed by atoms with Crippen LogP contribution in [-0.2, 0) is 9.47 Å². The number of amides is 1. The predicted molar refractivity (Wildman–Crippen MR) is 80.8 cm³/mol. The molecule has 0 radical (unpaired) electrons. The molecule has 2 rings (SSSR count). The summed E-state index contributed by atoms with van der Waals surface area (Å²) >= 11 is 0. The highest BCUT2D eigenvalue weighted by Gasteiger charge is 2.48. The first-order valence-corrected chi connectivity index (χ1v) is 6.79. The summed E-state index contributed by atoms with van der Waals surface area (Å²) in [6.07, 6.45) is 3.02. The minimum Gasteiger partial charge on any atom is -0.455 e. The fourth-order valence-electron chi connectivity index (χ4n) is 1.69. The van der Waals surface area contributed by atoms with Crippen LogP contribution in [-0.4, -0.2) is 23.3 Å². The highest BCUT2D eigenvalue weighted by atomic mass is 16.7. The largest absolute Gasteiger partial charge is 0.455 e. The summed E-state index contributed by atoms with van der Waals surface area (Å²) in [5.41, 5.74) is 2.16. The molecule has 1 N–H and O–H groups in total. The number of hydrogen-bond donors (Lipinski definition) is 1. The van der Waals surface area contributed by atoms with Gasteiger partial charge in [0.25, 0.3) is 11.9 Å². The third-order valence-corrected chi connectivity index (χ3v) is 3.65. The Hall–Kier alpha value is -2.30. The smallest absolute Gasteiger partial charge is 0.282 e. The van der Waals surface area contributed by atoms with E-state index >= 15 is 0 Å². The Labute approximate surface area is 124 Å². The zero-order valence-corrected chi connectivity index (χ0v) is 12.7. The molecule has 112 valence electrons. The summed E-state index contributed by atoms with van der Waals surface area (Å²) in [5.74, 6) is 0.127. The molecule has 1 amide bonds. The second-order valence-corrected chi connectivity index (χ2v) is 5.80. The van der Waals surface area contributed by atoms with Gasteiger partial charge in [0.2, 0.25) is 0 Å². The van der Waals surface area contributed by atoms with E-state index in [0.717, 1.165) is 0 Å². The maximum absolute atomic E-state index is 11.7. The Morgan fingerprint density at radius 3 is 2.24 bits per heavy atom. The molecule has 1 aliphatic rings. The zero-order chi connectivity index (χ0) is 15.5. The van der Waals surface area contributed by atoms with Crippen LogP contribution in [0.4, 0.5) is 0 Å². The van der Waals surface area contributed by atoms with Gasteiger partial charge >= 0.3 is 0 Å². The van der Waals surface area contributed by atoms with Crippen LogP contribution in [0.15, 0.2) is 47.5 Å². The number of hydrazone groups is 1. The molecule has 1 fully saturated rings. The second-order valence-electron chi connectivity index (χ2n) is 5.80. The van der Waals surface area contributed by atoms with Crippen molar-refractivity contribution in [2.24, 2.45) is 5.10 Å². The molecular formula is C16H20N2O3. The van der Waals surface area contributed by atoms with Crippen molar-refractivity contribution in [1.29, 1.82) is 0 Å². The molecule has 1 aromatic rings. The number of hydrogen-bond acceptors (Lipinski definition) is 4. The van der Waals surface area contributed by atoms with Crippen molar-refractivity contribution < 1.29 is 14.3 Å². The van der Waals surface area contributed by atoms with Crippen molar-refractivity contribution in [3.8, 4) is 0 Å². The van der Waals surface area contributed by atoms with Gasteiger partial charge in [-0.2, -0.15) is 5.10 Å². The molecule has 0 atom stereocenters. The summed E-state index contributed by atoms with van der Waals surface area (Å²) in [7, 11) is 0. The summed E-state index contributed by atoms with van der Waals surface area (Å²) in [4.78, 5) is 11.7. The minimum atomic E-state index is -0.417. The quantitative estimate of drug-likeness (QED) is 0.687. The first kappa shape index (κ1) is 15.1. The molecule has 1 heterocycles. The van der Waals surface area contributed by atoms with Gasteiger partial charge in [0.05, 0.1) is 6.21 Å². The van der Waals surface area contributed by atoms with Gasteiger partial charge in [-0.3, -0.25) is 4.79 Å². The third kappa shape index (κ3) is 3.42. The first-order valence-electron chi connectivity index (χ1n) is 6.79.